The normalized spacial score (nSPS) is 21.9. The average Bonchev–Trinajstić information content (AvgIpc) is 2.90. The van der Waals surface area contributed by atoms with Gasteiger partial charge in [-0.05, 0) is 38.5 Å². The van der Waals surface area contributed by atoms with E-state index in [9.17, 15) is 9.59 Å². The van der Waals surface area contributed by atoms with Crippen molar-refractivity contribution in [2.75, 3.05) is 6.54 Å². The minimum Gasteiger partial charge on any atom is -0.370 e. The first-order chi connectivity index (χ1) is 10.2. The number of hydrogen-bond acceptors (Lipinski definition) is 4. The molecule has 0 aromatic carbocycles. The van der Waals surface area contributed by atoms with Crippen LogP contribution in [0.3, 0.4) is 0 Å². The third kappa shape index (κ3) is 2.80. The van der Waals surface area contributed by atoms with Gasteiger partial charge in [0.15, 0.2) is 5.69 Å². The van der Waals surface area contributed by atoms with E-state index in [1.54, 1.807) is 4.90 Å². The van der Waals surface area contributed by atoms with Crippen molar-refractivity contribution in [3.05, 3.63) is 17.0 Å². The van der Waals surface area contributed by atoms with E-state index in [1.807, 2.05) is 0 Å². The Balaban J connectivity index is 1.82. The molecule has 0 radical (unpaired) electrons. The van der Waals surface area contributed by atoms with Crippen molar-refractivity contribution in [2.45, 2.75) is 57.4 Å². The van der Waals surface area contributed by atoms with Crippen molar-refractivity contribution in [1.82, 2.24) is 10.1 Å². The maximum atomic E-state index is 12.8. The highest BCUT2D eigenvalue weighted by atomic mass is 16.5. The smallest absolute Gasteiger partial charge is 0.276 e. The number of carbonyl (C=O) groups is 2. The average molecular weight is 291 g/mol. The largest absolute Gasteiger partial charge is 0.370 e. The maximum Gasteiger partial charge on any atom is 0.276 e. The van der Waals surface area contributed by atoms with Gasteiger partial charge < -0.3 is 15.2 Å². The molecule has 1 aromatic rings. The summed E-state index contributed by atoms with van der Waals surface area (Å²) in [6, 6.07) is -0.0975. The van der Waals surface area contributed by atoms with E-state index >= 15 is 0 Å². The molecule has 0 unspecified atom stereocenters. The Morgan fingerprint density at radius 3 is 2.86 bits per heavy atom. The second-order valence-corrected chi connectivity index (χ2v) is 5.96. The fourth-order valence-electron chi connectivity index (χ4n) is 3.40. The predicted octanol–water partition coefficient (Wildman–Crippen LogP) is 1.42. The van der Waals surface area contributed by atoms with Gasteiger partial charge in [-0.2, -0.15) is 0 Å². The molecule has 2 N–H and O–H groups in total. The van der Waals surface area contributed by atoms with Crippen LogP contribution in [0.15, 0.2) is 4.52 Å². The quantitative estimate of drug-likeness (QED) is 0.912. The molecule has 114 valence electrons. The molecule has 2 heterocycles. The van der Waals surface area contributed by atoms with Crippen LogP contribution >= 0.6 is 0 Å². The first-order valence-corrected chi connectivity index (χ1v) is 7.73. The molecule has 1 saturated heterocycles. The highest BCUT2D eigenvalue weighted by molar-refractivity contribution is 5.94. The van der Waals surface area contributed by atoms with E-state index in [2.05, 4.69) is 5.16 Å². The molecular formula is C15H21N3O3. The topological polar surface area (TPSA) is 89.4 Å². The number of carbonyl (C=O) groups excluding carboxylic acids is 2. The number of piperidine rings is 1. The van der Waals surface area contributed by atoms with Crippen molar-refractivity contribution < 1.29 is 14.1 Å². The summed E-state index contributed by atoms with van der Waals surface area (Å²) < 4.78 is 5.33. The molecule has 6 nitrogen and oxygen atoms in total. The van der Waals surface area contributed by atoms with Gasteiger partial charge in [-0.3, -0.25) is 9.59 Å². The standard InChI is InChI=1S/C15H21N3O3/c16-13(19)9-10-5-3-4-8-18(10)15(20)14-11-6-1-2-7-12(11)21-17-14/h10H,1-9H2,(H2,16,19)/t10-/m0/s1. The Kier molecular flexibility index (Phi) is 3.94. The van der Waals surface area contributed by atoms with Crippen LogP contribution in [-0.2, 0) is 17.6 Å². The zero-order valence-corrected chi connectivity index (χ0v) is 12.1. The van der Waals surface area contributed by atoms with Gasteiger partial charge in [-0.25, -0.2) is 0 Å². The van der Waals surface area contributed by atoms with Crippen molar-refractivity contribution in [3.8, 4) is 0 Å². The van der Waals surface area contributed by atoms with Crippen molar-refractivity contribution in [3.63, 3.8) is 0 Å². The van der Waals surface area contributed by atoms with E-state index < -0.39 is 0 Å². The van der Waals surface area contributed by atoms with Gasteiger partial charge >= 0.3 is 0 Å². The van der Waals surface area contributed by atoms with Crippen LogP contribution in [0.1, 0.15) is 60.3 Å². The van der Waals surface area contributed by atoms with Crippen LogP contribution in [0, 0.1) is 0 Å². The summed E-state index contributed by atoms with van der Waals surface area (Å²) in [5.74, 6) is 0.391. The number of likely N-dealkylation sites (tertiary alicyclic amines) is 1. The molecule has 1 aliphatic carbocycles. The lowest BCUT2D eigenvalue weighted by molar-refractivity contribution is -0.119. The highest BCUT2D eigenvalue weighted by Crippen LogP contribution is 2.27. The van der Waals surface area contributed by atoms with E-state index in [1.165, 1.54) is 0 Å². The first-order valence-electron chi connectivity index (χ1n) is 7.73. The van der Waals surface area contributed by atoms with Gasteiger partial charge in [0.1, 0.15) is 5.76 Å². The number of aromatic nitrogens is 1. The SMILES string of the molecule is NC(=O)C[C@@H]1CCCCN1C(=O)c1noc2c1CCCC2. The van der Waals surface area contributed by atoms with E-state index in [0.717, 1.165) is 56.3 Å². The Hall–Kier alpha value is -1.85. The second kappa shape index (κ2) is 5.87. The molecule has 0 saturated carbocycles. The fraction of sp³-hybridized carbons (Fsp3) is 0.667. The summed E-state index contributed by atoms with van der Waals surface area (Å²) in [4.78, 5) is 25.7. The molecule has 0 spiro atoms. The summed E-state index contributed by atoms with van der Waals surface area (Å²) >= 11 is 0. The number of nitrogens with two attached hydrogens (primary N) is 1. The molecule has 1 aliphatic heterocycles. The van der Waals surface area contributed by atoms with E-state index in [4.69, 9.17) is 10.3 Å². The lowest BCUT2D eigenvalue weighted by atomic mass is 9.94. The first kappa shape index (κ1) is 14.1. The number of fused-ring (bicyclic) bond motifs is 1. The van der Waals surface area contributed by atoms with Gasteiger partial charge in [0.2, 0.25) is 5.91 Å². The summed E-state index contributed by atoms with van der Waals surface area (Å²) in [5.41, 5.74) is 6.72. The Morgan fingerprint density at radius 2 is 2.05 bits per heavy atom. The molecule has 1 aromatic heterocycles. The van der Waals surface area contributed by atoms with Crippen molar-refractivity contribution >= 4 is 11.8 Å². The number of nitrogens with zero attached hydrogens (tertiary/aromatic N) is 2. The highest BCUT2D eigenvalue weighted by Gasteiger charge is 2.33. The van der Waals surface area contributed by atoms with E-state index in [-0.39, 0.29) is 24.3 Å². The fourth-order valence-corrected chi connectivity index (χ4v) is 3.40. The van der Waals surface area contributed by atoms with Gasteiger partial charge in [-0.1, -0.05) is 5.16 Å². The Labute approximate surface area is 123 Å². The lowest BCUT2D eigenvalue weighted by Crippen LogP contribution is -2.45. The van der Waals surface area contributed by atoms with Crippen molar-refractivity contribution in [1.29, 1.82) is 0 Å². The van der Waals surface area contributed by atoms with Crippen molar-refractivity contribution in [2.24, 2.45) is 5.73 Å². The van der Waals surface area contributed by atoms with Gasteiger partial charge in [-0.15, -0.1) is 0 Å². The molecule has 3 rings (SSSR count). The number of primary amides is 1. The monoisotopic (exact) mass is 291 g/mol. The van der Waals surface area contributed by atoms with Crippen LogP contribution in [-0.4, -0.2) is 34.5 Å². The zero-order valence-electron chi connectivity index (χ0n) is 12.1. The third-order valence-electron chi connectivity index (χ3n) is 4.48. The lowest BCUT2D eigenvalue weighted by Gasteiger charge is -2.34. The number of amides is 2. The molecule has 2 aliphatic rings. The minimum absolute atomic E-state index is 0.0975. The second-order valence-electron chi connectivity index (χ2n) is 5.96. The van der Waals surface area contributed by atoms with Crippen LogP contribution in [0.2, 0.25) is 0 Å². The minimum atomic E-state index is -0.359. The maximum absolute atomic E-state index is 12.8. The molecule has 21 heavy (non-hydrogen) atoms. The summed E-state index contributed by atoms with van der Waals surface area (Å²) in [6.07, 6.45) is 6.91. The molecule has 2 amide bonds. The van der Waals surface area contributed by atoms with Gasteiger partial charge in [0, 0.05) is 31.0 Å². The number of rotatable bonds is 3. The molecule has 1 fully saturated rings. The molecule has 1 atom stereocenters. The summed E-state index contributed by atoms with van der Waals surface area (Å²) in [5, 5.41) is 4.00. The Bertz CT molecular complexity index is 552. The third-order valence-corrected chi connectivity index (χ3v) is 4.48. The summed E-state index contributed by atoms with van der Waals surface area (Å²) in [6.45, 7) is 0.665. The summed E-state index contributed by atoms with van der Waals surface area (Å²) in [7, 11) is 0. The van der Waals surface area contributed by atoms with Gasteiger partial charge in [0.05, 0.1) is 0 Å². The van der Waals surface area contributed by atoms with Crippen LogP contribution < -0.4 is 5.73 Å². The van der Waals surface area contributed by atoms with Crippen LogP contribution in [0.4, 0.5) is 0 Å². The number of hydrogen-bond donors (Lipinski definition) is 1. The van der Waals surface area contributed by atoms with Gasteiger partial charge in [0.25, 0.3) is 5.91 Å². The molecule has 6 heteroatoms. The predicted molar refractivity (Wildman–Crippen MR) is 75.6 cm³/mol. The molecule has 0 bridgehead atoms. The van der Waals surface area contributed by atoms with Crippen LogP contribution in [0.5, 0.6) is 0 Å². The molecular weight excluding hydrogens is 270 g/mol. The Morgan fingerprint density at radius 1 is 1.24 bits per heavy atom. The van der Waals surface area contributed by atoms with E-state index in [0.29, 0.717) is 12.2 Å². The number of aryl methyl sites for hydroxylation is 1. The van der Waals surface area contributed by atoms with Crippen LogP contribution in [0.25, 0.3) is 0 Å². The zero-order chi connectivity index (χ0) is 14.8.